The molecule has 1 aromatic heterocycles. The number of thioether (sulfide) groups is 1. The number of methoxy groups -OCH3 is 1. The quantitative estimate of drug-likeness (QED) is 0.870. The molecule has 1 atom stereocenters. The summed E-state index contributed by atoms with van der Waals surface area (Å²) >= 11 is 1.61. The molecular weight excluding hydrogens is 284 g/mol. The highest BCUT2D eigenvalue weighted by molar-refractivity contribution is 8.14. The summed E-state index contributed by atoms with van der Waals surface area (Å²) in [5.74, 6) is 1.74. The number of nitrogens with zero attached hydrogens (tertiary/aromatic N) is 2. The van der Waals surface area contributed by atoms with Crippen molar-refractivity contribution in [3.8, 4) is 5.75 Å². The second-order valence-electron chi connectivity index (χ2n) is 4.84. The lowest BCUT2D eigenvalue weighted by Crippen LogP contribution is -2.17. The molecule has 0 spiro atoms. The summed E-state index contributed by atoms with van der Waals surface area (Å²) in [6.07, 6.45) is 0.535. The second kappa shape index (κ2) is 5.85. The van der Waals surface area contributed by atoms with Crippen LogP contribution in [0, 0.1) is 0 Å². The molecule has 2 heterocycles. The van der Waals surface area contributed by atoms with Gasteiger partial charge in [0.2, 0.25) is 0 Å². The number of ether oxygens (including phenoxy) is 1. The highest BCUT2D eigenvalue weighted by Gasteiger charge is 2.25. The van der Waals surface area contributed by atoms with Gasteiger partial charge in [-0.15, -0.1) is 11.8 Å². The Balaban J connectivity index is 1.93. The third kappa shape index (κ3) is 2.78. The van der Waals surface area contributed by atoms with Crippen LogP contribution in [0.15, 0.2) is 35.3 Å². The zero-order valence-corrected chi connectivity index (χ0v) is 12.8. The predicted molar refractivity (Wildman–Crippen MR) is 86.4 cm³/mol. The van der Waals surface area contributed by atoms with Crippen LogP contribution in [0.4, 0.5) is 0 Å². The van der Waals surface area contributed by atoms with Crippen molar-refractivity contribution >= 4 is 33.5 Å². The summed E-state index contributed by atoms with van der Waals surface area (Å²) in [5, 5.41) is 1.89. The van der Waals surface area contributed by atoms with Gasteiger partial charge in [0, 0.05) is 17.6 Å². The number of hydrogen-bond acceptors (Lipinski definition) is 5. The fourth-order valence-electron chi connectivity index (χ4n) is 2.26. The standard InChI is InChI=1S/C16H16N2O2S/c1-3-15(19)14-9-21-16(18-14)13-6-4-10-8-11(20-2)5-7-12(10)17-13/h4-8,14H,3,9H2,1-2H3. The van der Waals surface area contributed by atoms with Crippen LogP contribution in [0.25, 0.3) is 10.9 Å². The van der Waals surface area contributed by atoms with Crippen LogP contribution in [-0.2, 0) is 4.79 Å². The molecule has 1 aliphatic rings. The smallest absolute Gasteiger partial charge is 0.157 e. The number of aliphatic imine (C=N–C) groups is 1. The molecule has 0 N–H and O–H groups in total. The Bertz CT molecular complexity index is 727. The maximum atomic E-state index is 11.7. The number of ketones is 1. The van der Waals surface area contributed by atoms with Crippen LogP contribution in [0.1, 0.15) is 19.0 Å². The molecule has 1 unspecified atom stereocenters. The highest BCUT2D eigenvalue weighted by atomic mass is 32.2. The van der Waals surface area contributed by atoms with Crippen LogP contribution < -0.4 is 4.74 Å². The first-order valence-corrected chi connectivity index (χ1v) is 7.88. The van der Waals surface area contributed by atoms with E-state index in [4.69, 9.17) is 4.74 Å². The van der Waals surface area contributed by atoms with E-state index < -0.39 is 0 Å². The summed E-state index contributed by atoms with van der Waals surface area (Å²) in [4.78, 5) is 20.9. The highest BCUT2D eigenvalue weighted by Crippen LogP contribution is 2.26. The zero-order valence-electron chi connectivity index (χ0n) is 12.0. The molecule has 108 valence electrons. The van der Waals surface area contributed by atoms with Gasteiger partial charge in [0.1, 0.15) is 16.8 Å². The van der Waals surface area contributed by atoms with Gasteiger partial charge in [0.15, 0.2) is 5.78 Å². The minimum atomic E-state index is -0.205. The minimum absolute atomic E-state index is 0.197. The van der Waals surface area contributed by atoms with Crippen molar-refractivity contribution in [3.63, 3.8) is 0 Å². The molecular formula is C16H16N2O2S. The van der Waals surface area contributed by atoms with Gasteiger partial charge in [-0.2, -0.15) is 0 Å². The van der Waals surface area contributed by atoms with E-state index in [2.05, 4.69) is 9.98 Å². The predicted octanol–water partition coefficient (Wildman–Crippen LogP) is 3.08. The Hall–Kier alpha value is -1.88. The van der Waals surface area contributed by atoms with E-state index in [0.717, 1.165) is 33.1 Å². The number of hydrogen-bond donors (Lipinski definition) is 0. The molecule has 0 bridgehead atoms. The molecule has 1 aliphatic heterocycles. The Kier molecular flexibility index (Phi) is 3.92. The topological polar surface area (TPSA) is 51.5 Å². The average Bonchev–Trinajstić information content (AvgIpc) is 3.03. The first-order valence-electron chi connectivity index (χ1n) is 6.89. The van der Waals surface area contributed by atoms with Crippen molar-refractivity contribution in [1.29, 1.82) is 0 Å². The van der Waals surface area contributed by atoms with Crippen LogP contribution in [-0.4, -0.2) is 34.7 Å². The third-order valence-corrected chi connectivity index (χ3v) is 4.56. The summed E-state index contributed by atoms with van der Waals surface area (Å²) in [6.45, 7) is 1.88. The van der Waals surface area contributed by atoms with E-state index in [1.807, 2.05) is 37.3 Å². The lowest BCUT2D eigenvalue weighted by Gasteiger charge is -2.04. The Morgan fingerprint density at radius 1 is 1.38 bits per heavy atom. The molecule has 0 aliphatic carbocycles. The van der Waals surface area contributed by atoms with Gasteiger partial charge in [-0.05, 0) is 24.3 Å². The van der Waals surface area contributed by atoms with E-state index in [1.54, 1.807) is 18.9 Å². The summed E-state index contributed by atoms with van der Waals surface area (Å²) in [6, 6.07) is 9.55. The first-order chi connectivity index (χ1) is 10.2. The SMILES string of the molecule is CCC(=O)C1CSC(c2ccc3cc(OC)ccc3n2)=N1. The van der Waals surface area contributed by atoms with E-state index in [1.165, 1.54) is 0 Å². The van der Waals surface area contributed by atoms with Crippen molar-refractivity contribution in [2.24, 2.45) is 4.99 Å². The van der Waals surface area contributed by atoms with Crippen molar-refractivity contribution in [2.45, 2.75) is 19.4 Å². The van der Waals surface area contributed by atoms with Crippen LogP contribution in [0.3, 0.4) is 0 Å². The number of carbonyl (C=O) groups is 1. The van der Waals surface area contributed by atoms with Crippen LogP contribution in [0.5, 0.6) is 5.75 Å². The molecule has 0 amide bonds. The summed E-state index contributed by atoms with van der Waals surface area (Å²) in [7, 11) is 1.65. The van der Waals surface area contributed by atoms with Crippen molar-refractivity contribution in [3.05, 3.63) is 36.0 Å². The minimum Gasteiger partial charge on any atom is -0.497 e. The number of rotatable bonds is 4. The lowest BCUT2D eigenvalue weighted by atomic mass is 10.2. The fraction of sp³-hybridized carbons (Fsp3) is 0.312. The molecule has 1 aromatic carbocycles. The van der Waals surface area contributed by atoms with E-state index in [0.29, 0.717) is 6.42 Å². The largest absolute Gasteiger partial charge is 0.497 e. The van der Waals surface area contributed by atoms with Gasteiger partial charge >= 0.3 is 0 Å². The maximum absolute atomic E-state index is 11.7. The van der Waals surface area contributed by atoms with Crippen molar-refractivity contribution in [2.75, 3.05) is 12.9 Å². The molecule has 5 heteroatoms. The van der Waals surface area contributed by atoms with Gasteiger partial charge in [-0.25, -0.2) is 4.98 Å². The molecule has 2 aromatic rings. The van der Waals surface area contributed by atoms with Gasteiger partial charge < -0.3 is 4.74 Å². The normalized spacial score (nSPS) is 17.8. The third-order valence-electron chi connectivity index (χ3n) is 3.49. The molecule has 0 saturated heterocycles. The Morgan fingerprint density at radius 2 is 2.24 bits per heavy atom. The van der Waals surface area contributed by atoms with Gasteiger partial charge in [0.25, 0.3) is 0 Å². The molecule has 0 fully saturated rings. The maximum Gasteiger partial charge on any atom is 0.157 e. The van der Waals surface area contributed by atoms with Gasteiger partial charge in [-0.3, -0.25) is 9.79 Å². The van der Waals surface area contributed by atoms with E-state index >= 15 is 0 Å². The number of fused-ring (bicyclic) bond motifs is 1. The zero-order chi connectivity index (χ0) is 14.8. The van der Waals surface area contributed by atoms with Crippen LogP contribution in [0.2, 0.25) is 0 Å². The number of pyridine rings is 1. The molecule has 21 heavy (non-hydrogen) atoms. The second-order valence-corrected chi connectivity index (χ2v) is 5.84. The Morgan fingerprint density at radius 3 is 3.00 bits per heavy atom. The summed E-state index contributed by atoms with van der Waals surface area (Å²) in [5.41, 5.74) is 1.74. The van der Waals surface area contributed by atoms with E-state index in [9.17, 15) is 4.79 Å². The van der Waals surface area contributed by atoms with Crippen molar-refractivity contribution in [1.82, 2.24) is 4.98 Å². The monoisotopic (exact) mass is 300 g/mol. The number of aromatic nitrogens is 1. The average molecular weight is 300 g/mol. The fourth-order valence-corrected chi connectivity index (χ4v) is 3.30. The number of Topliss-reactive ketones (excluding diaryl/α,β-unsaturated/α-hetero) is 1. The summed E-state index contributed by atoms with van der Waals surface area (Å²) < 4.78 is 5.21. The van der Waals surface area contributed by atoms with Gasteiger partial charge in [0.05, 0.1) is 18.3 Å². The molecule has 4 nitrogen and oxygen atoms in total. The first kappa shape index (κ1) is 14.1. The molecule has 0 radical (unpaired) electrons. The van der Waals surface area contributed by atoms with Crippen molar-refractivity contribution < 1.29 is 9.53 Å². The molecule has 3 rings (SSSR count). The van der Waals surface area contributed by atoms with E-state index in [-0.39, 0.29) is 11.8 Å². The van der Waals surface area contributed by atoms with Gasteiger partial charge in [-0.1, -0.05) is 13.0 Å². The lowest BCUT2D eigenvalue weighted by molar-refractivity contribution is -0.119. The number of benzene rings is 1. The molecule has 0 saturated carbocycles. The van der Waals surface area contributed by atoms with Crippen LogP contribution >= 0.6 is 11.8 Å². The Labute approximate surface area is 127 Å². The number of carbonyl (C=O) groups excluding carboxylic acids is 1.